The van der Waals surface area contributed by atoms with Crippen LogP contribution < -0.4 is 15.4 Å². The maximum absolute atomic E-state index is 5.17. The van der Waals surface area contributed by atoms with Crippen molar-refractivity contribution in [3.8, 4) is 5.75 Å². The van der Waals surface area contributed by atoms with Crippen LogP contribution >= 0.6 is 0 Å². The van der Waals surface area contributed by atoms with Crippen molar-refractivity contribution in [2.75, 3.05) is 12.4 Å². The lowest BCUT2D eigenvalue weighted by atomic mass is 10.1. The SMILES string of the molecule is COc1ccc([C@H]2NCc3cnc(C)nc3N2)cc1. The Labute approximate surface area is 112 Å². The van der Waals surface area contributed by atoms with E-state index < -0.39 is 0 Å². The lowest BCUT2D eigenvalue weighted by Gasteiger charge is -2.27. The highest BCUT2D eigenvalue weighted by Crippen LogP contribution is 2.25. The van der Waals surface area contributed by atoms with E-state index in [1.807, 2.05) is 37.4 Å². The van der Waals surface area contributed by atoms with Crippen LogP contribution in [0.25, 0.3) is 0 Å². The number of aryl methyl sites for hydroxylation is 1. The molecule has 0 spiro atoms. The molecule has 5 heteroatoms. The van der Waals surface area contributed by atoms with Crippen LogP contribution in [0, 0.1) is 6.92 Å². The first-order chi connectivity index (χ1) is 9.26. The van der Waals surface area contributed by atoms with Gasteiger partial charge in [-0.25, -0.2) is 9.97 Å². The molecule has 0 fully saturated rings. The summed E-state index contributed by atoms with van der Waals surface area (Å²) in [5.41, 5.74) is 2.25. The summed E-state index contributed by atoms with van der Waals surface area (Å²) in [4.78, 5) is 8.64. The third kappa shape index (κ3) is 2.37. The highest BCUT2D eigenvalue weighted by Gasteiger charge is 2.19. The Kier molecular flexibility index (Phi) is 3.05. The van der Waals surface area contributed by atoms with Gasteiger partial charge in [-0.15, -0.1) is 0 Å². The average Bonchev–Trinajstić information content (AvgIpc) is 2.46. The van der Waals surface area contributed by atoms with Crippen LogP contribution in [-0.4, -0.2) is 17.1 Å². The lowest BCUT2D eigenvalue weighted by molar-refractivity contribution is 0.414. The van der Waals surface area contributed by atoms with Gasteiger partial charge in [-0.3, -0.25) is 5.32 Å². The molecule has 1 atom stereocenters. The number of rotatable bonds is 2. The zero-order chi connectivity index (χ0) is 13.2. The van der Waals surface area contributed by atoms with Crippen molar-refractivity contribution < 1.29 is 4.74 Å². The normalized spacial score (nSPS) is 17.5. The summed E-state index contributed by atoms with van der Waals surface area (Å²) in [7, 11) is 1.67. The van der Waals surface area contributed by atoms with Gasteiger partial charge in [-0.05, 0) is 24.6 Å². The minimum atomic E-state index is 0.0627. The number of aromatic nitrogens is 2. The molecule has 0 amide bonds. The zero-order valence-corrected chi connectivity index (χ0v) is 11.0. The van der Waals surface area contributed by atoms with E-state index in [4.69, 9.17) is 4.74 Å². The Morgan fingerprint density at radius 3 is 2.79 bits per heavy atom. The Hall–Kier alpha value is -2.14. The second kappa shape index (κ2) is 4.85. The molecule has 1 aromatic carbocycles. The first kappa shape index (κ1) is 11.9. The summed E-state index contributed by atoms with van der Waals surface area (Å²) in [6.45, 7) is 2.66. The molecular weight excluding hydrogens is 240 g/mol. The molecule has 19 heavy (non-hydrogen) atoms. The summed E-state index contributed by atoms with van der Waals surface area (Å²) in [6.07, 6.45) is 1.93. The van der Waals surface area contributed by atoms with E-state index in [0.717, 1.165) is 35.1 Å². The van der Waals surface area contributed by atoms with E-state index in [-0.39, 0.29) is 6.17 Å². The van der Waals surface area contributed by atoms with E-state index in [0.29, 0.717) is 0 Å². The number of hydrogen-bond donors (Lipinski definition) is 2. The fourth-order valence-corrected chi connectivity index (χ4v) is 2.15. The van der Waals surface area contributed by atoms with Gasteiger partial charge in [0, 0.05) is 18.3 Å². The molecule has 0 aliphatic carbocycles. The average molecular weight is 256 g/mol. The molecule has 1 aliphatic heterocycles. The highest BCUT2D eigenvalue weighted by molar-refractivity contribution is 5.47. The summed E-state index contributed by atoms with van der Waals surface area (Å²) in [5, 5.41) is 6.81. The van der Waals surface area contributed by atoms with Crippen LogP contribution in [0.5, 0.6) is 5.75 Å². The Bertz CT molecular complexity index is 582. The first-order valence-corrected chi connectivity index (χ1v) is 6.22. The monoisotopic (exact) mass is 256 g/mol. The molecule has 1 aromatic heterocycles. The fraction of sp³-hybridized carbons (Fsp3) is 0.286. The van der Waals surface area contributed by atoms with Gasteiger partial charge >= 0.3 is 0 Å². The van der Waals surface area contributed by atoms with Crippen molar-refractivity contribution in [1.82, 2.24) is 15.3 Å². The molecule has 2 N–H and O–H groups in total. The number of fused-ring (bicyclic) bond motifs is 1. The van der Waals surface area contributed by atoms with Crippen molar-refractivity contribution in [1.29, 1.82) is 0 Å². The standard InChI is InChI=1S/C14H16N4O/c1-9-15-7-11-8-16-13(18-14(11)17-9)10-3-5-12(19-2)6-4-10/h3-7,13,16H,8H2,1-2H3,(H,15,17,18)/t13-/m0/s1. The van der Waals surface area contributed by atoms with E-state index in [1.54, 1.807) is 7.11 Å². The molecule has 0 saturated heterocycles. The van der Waals surface area contributed by atoms with Crippen LogP contribution in [0.15, 0.2) is 30.5 Å². The minimum Gasteiger partial charge on any atom is -0.497 e. The smallest absolute Gasteiger partial charge is 0.135 e. The molecular formula is C14H16N4O. The van der Waals surface area contributed by atoms with E-state index in [2.05, 4.69) is 20.6 Å². The van der Waals surface area contributed by atoms with Gasteiger partial charge in [0.15, 0.2) is 0 Å². The number of benzene rings is 1. The van der Waals surface area contributed by atoms with Crippen molar-refractivity contribution in [2.45, 2.75) is 19.6 Å². The van der Waals surface area contributed by atoms with Crippen LogP contribution in [0.1, 0.15) is 23.1 Å². The van der Waals surface area contributed by atoms with Gasteiger partial charge < -0.3 is 10.1 Å². The van der Waals surface area contributed by atoms with Gasteiger partial charge in [-0.2, -0.15) is 0 Å². The van der Waals surface area contributed by atoms with Gasteiger partial charge in [0.25, 0.3) is 0 Å². The Balaban J connectivity index is 1.84. The number of hydrogen-bond acceptors (Lipinski definition) is 5. The maximum atomic E-state index is 5.17. The fourth-order valence-electron chi connectivity index (χ4n) is 2.15. The molecule has 1 aliphatic rings. The number of methoxy groups -OCH3 is 1. The highest BCUT2D eigenvalue weighted by atomic mass is 16.5. The third-order valence-corrected chi connectivity index (χ3v) is 3.21. The number of anilines is 1. The number of ether oxygens (including phenoxy) is 1. The van der Waals surface area contributed by atoms with Crippen LogP contribution in [0.3, 0.4) is 0 Å². The quantitative estimate of drug-likeness (QED) is 0.860. The van der Waals surface area contributed by atoms with Gasteiger partial charge in [-0.1, -0.05) is 12.1 Å². The van der Waals surface area contributed by atoms with Gasteiger partial charge in [0.1, 0.15) is 23.6 Å². The predicted molar refractivity (Wildman–Crippen MR) is 73.0 cm³/mol. The maximum Gasteiger partial charge on any atom is 0.135 e. The molecule has 5 nitrogen and oxygen atoms in total. The van der Waals surface area contributed by atoms with Crippen molar-refractivity contribution in [2.24, 2.45) is 0 Å². The molecule has 2 heterocycles. The number of nitrogens with one attached hydrogen (secondary N) is 2. The minimum absolute atomic E-state index is 0.0627. The molecule has 2 aromatic rings. The summed E-state index contributed by atoms with van der Waals surface area (Å²) >= 11 is 0. The Morgan fingerprint density at radius 2 is 2.05 bits per heavy atom. The molecule has 3 rings (SSSR count). The second-order valence-electron chi connectivity index (χ2n) is 4.52. The van der Waals surface area contributed by atoms with Crippen LogP contribution in [0.4, 0.5) is 5.82 Å². The van der Waals surface area contributed by atoms with Crippen molar-refractivity contribution in [3.63, 3.8) is 0 Å². The predicted octanol–water partition coefficient (Wildman–Crippen LogP) is 2.01. The van der Waals surface area contributed by atoms with E-state index >= 15 is 0 Å². The topological polar surface area (TPSA) is 59.1 Å². The largest absolute Gasteiger partial charge is 0.497 e. The molecule has 0 bridgehead atoms. The van der Waals surface area contributed by atoms with Crippen molar-refractivity contribution >= 4 is 5.82 Å². The third-order valence-electron chi connectivity index (χ3n) is 3.21. The molecule has 0 saturated carbocycles. The van der Waals surface area contributed by atoms with Gasteiger partial charge in [0.2, 0.25) is 0 Å². The summed E-state index contributed by atoms with van der Waals surface area (Å²) in [6, 6.07) is 8.00. The van der Waals surface area contributed by atoms with Crippen LogP contribution in [0.2, 0.25) is 0 Å². The van der Waals surface area contributed by atoms with E-state index in [1.165, 1.54) is 0 Å². The second-order valence-corrected chi connectivity index (χ2v) is 4.52. The van der Waals surface area contributed by atoms with Crippen LogP contribution in [-0.2, 0) is 6.54 Å². The van der Waals surface area contributed by atoms with Gasteiger partial charge in [0.05, 0.1) is 7.11 Å². The zero-order valence-electron chi connectivity index (χ0n) is 11.0. The number of nitrogens with zero attached hydrogens (tertiary/aromatic N) is 2. The Morgan fingerprint density at radius 1 is 1.26 bits per heavy atom. The summed E-state index contributed by atoms with van der Waals surface area (Å²) < 4.78 is 5.17. The molecule has 0 radical (unpaired) electrons. The lowest BCUT2D eigenvalue weighted by Crippen LogP contribution is -2.33. The first-order valence-electron chi connectivity index (χ1n) is 6.22. The summed E-state index contributed by atoms with van der Waals surface area (Å²) in [5.74, 6) is 2.55. The van der Waals surface area contributed by atoms with Crippen molar-refractivity contribution in [3.05, 3.63) is 47.4 Å². The molecule has 98 valence electrons. The van der Waals surface area contributed by atoms with E-state index in [9.17, 15) is 0 Å². The molecule has 0 unspecified atom stereocenters.